The molecule has 4 rings (SSSR count). The second kappa shape index (κ2) is 7.90. The summed E-state index contributed by atoms with van der Waals surface area (Å²) in [5, 5.41) is 9.32. The van der Waals surface area contributed by atoms with E-state index < -0.39 is 6.04 Å². The molecule has 0 saturated carbocycles. The predicted molar refractivity (Wildman–Crippen MR) is 110 cm³/mol. The SMILES string of the molecule is CCC(C(=O)NCc1ccco1)n1nc(-c2ccccc2)c2cc(Cl)ccc21. The predicted octanol–water partition coefficient (Wildman–Crippen LogP) is 5.22. The maximum atomic E-state index is 12.9. The molecule has 0 bridgehead atoms. The van der Waals surface area contributed by atoms with Crippen LogP contribution < -0.4 is 5.32 Å². The van der Waals surface area contributed by atoms with Gasteiger partial charge in [-0.05, 0) is 36.8 Å². The molecule has 2 heterocycles. The van der Waals surface area contributed by atoms with Gasteiger partial charge in [0.05, 0.1) is 18.3 Å². The van der Waals surface area contributed by atoms with Crippen molar-refractivity contribution in [1.82, 2.24) is 15.1 Å². The molecule has 2 aromatic carbocycles. The van der Waals surface area contributed by atoms with E-state index in [1.54, 1.807) is 17.0 Å². The summed E-state index contributed by atoms with van der Waals surface area (Å²) >= 11 is 6.24. The van der Waals surface area contributed by atoms with E-state index in [-0.39, 0.29) is 5.91 Å². The Hall–Kier alpha value is -3.05. The Morgan fingerprint density at radius 1 is 1.18 bits per heavy atom. The van der Waals surface area contributed by atoms with Crippen molar-refractivity contribution < 1.29 is 9.21 Å². The summed E-state index contributed by atoms with van der Waals surface area (Å²) in [5.74, 6) is 0.614. The van der Waals surface area contributed by atoms with Gasteiger partial charge in [-0.15, -0.1) is 0 Å². The van der Waals surface area contributed by atoms with Gasteiger partial charge in [0, 0.05) is 16.0 Å². The van der Waals surface area contributed by atoms with E-state index in [4.69, 9.17) is 21.1 Å². The molecule has 5 nitrogen and oxygen atoms in total. The third-order valence-electron chi connectivity index (χ3n) is 4.72. The zero-order chi connectivity index (χ0) is 19.5. The molecule has 0 spiro atoms. The minimum absolute atomic E-state index is 0.0992. The van der Waals surface area contributed by atoms with Crippen molar-refractivity contribution in [3.8, 4) is 11.3 Å². The minimum atomic E-state index is -0.434. The number of furan rings is 1. The van der Waals surface area contributed by atoms with E-state index in [1.807, 2.05) is 61.5 Å². The molecule has 28 heavy (non-hydrogen) atoms. The van der Waals surface area contributed by atoms with E-state index in [9.17, 15) is 4.79 Å². The number of nitrogens with one attached hydrogen (secondary N) is 1. The first-order valence-electron chi connectivity index (χ1n) is 9.20. The number of carbonyl (C=O) groups is 1. The monoisotopic (exact) mass is 393 g/mol. The lowest BCUT2D eigenvalue weighted by atomic mass is 10.1. The van der Waals surface area contributed by atoms with Crippen molar-refractivity contribution in [1.29, 1.82) is 0 Å². The highest BCUT2D eigenvalue weighted by atomic mass is 35.5. The Kier molecular flexibility index (Phi) is 5.17. The lowest BCUT2D eigenvalue weighted by Crippen LogP contribution is -2.32. The maximum Gasteiger partial charge on any atom is 0.245 e. The number of carbonyl (C=O) groups excluding carboxylic acids is 1. The van der Waals surface area contributed by atoms with Crippen molar-refractivity contribution in [2.45, 2.75) is 25.9 Å². The minimum Gasteiger partial charge on any atom is -0.467 e. The number of aromatic nitrogens is 2. The molecule has 1 amide bonds. The summed E-state index contributed by atoms with van der Waals surface area (Å²) in [4.78, 5) is 12.9. The van der Waals surface area contributed by atoms with E-state index in [1.165, 1.54) is 0 Å². The molecular formula is C22H20ClN3O2. The van der Waals surface area contributed by atoms with E-state index >= 15 is 0 Å². The van der Waals surface area contributed by atoms with Gasteiger partial charge in [0.2, 0.25) is 5.91 Å². The zero-order valence-corrected chi connectivity index (χ0v) is 16.2. The van der Waals surface area contributed by atoms with E-state index in [0.717, 1.165) is 22.2 Å². The first kappa shape index (κ1) is 18.3. The van der Waals surface area contributed by atoms with Crippen molar-refractivity contribution in [2.24, 2.45) is 0 Å². The highest BCUT2D eigenvalue weighted by molar-refractivity contribution is 6.31. The highest BCUT2D eigenvalue weighted by Crippen LogP contribution is 2.32. The molecule has 0 aliphatic rings. The van der Waals surface area contributed by atoms with Gasteiger partial charge >= 0.3 is 0 Å². The number of rotatable bonds is 6. The molecule has 4 aromatic rings. The largest absolute Gasteiger partial charge is 0.467 e. The van der Waals surface area contributed by atoms with Crippen LogP contribution in [0.15, 0.2) is 71.3 Å². The van der Waals surface area contributed by atoms with Crippen molar-refractivity contribution in [3.63, 3.8) is 0 Å². The van der Waals surface area contributed by atoms with Gasteiger partial charge in [-0.1, -0.05) is 48.9 Å². The lowest BCUT2D eigenvalue weighted by Gasteiger charge is -2.16. The van der Waals surface area contributed by atoms with Crippen LogP contribution in [0.25, 0.3) is 22.2 Å². The molecule has 6 heteroatoms. The molecule has 1 N–H and O–H groups in total. The van der Waals surface area contributed by atoms with Gasteiger partial charge < -0.3 is 9.73 Å². The van der Waals surface area contributed by atoms with Gasteiger partial charge in [-0.25, -0.2) is 0 Å². The summed E-state index contributed by atoms with van der Waals surface area (Å²) < 4.78 is 7.09. The molecule has 0 aliphatic carbocycles. The van der Waals surface area contributed by atoms with Crippen LogP contribution in [0.4, 0.5) is 0 Å². The van der Waals surface area contributed by atoms with Crippen LogP contribution in [0.2, 0.25) is 5.02 Å². The van der Waals surface area contributed by atoms with Gasteiger partial charge in [0.15, 0.2) is 0 Å². The first-order chi connectivity index (χ1) is 13.7. The average molecular weight is 394 g/mol. The normalized spacial score (nSPS) is 12.2. The van der Waals surface area contributed by atoms with Crippen LogP contribution in [0, 0.1) is 0 Å². The summed E-state index contributed by atoms with van der Waals surface area (Å²) in [6.07, 6.45) is 2.20. The molecule has 0 fully saturated rings. The number of nitrogens with zero attached hydrogens (tertiary/aromatic N) is 2. The van der Waals surface area contributed by atoms with Crippen LogP contribution in [0.3, 0.4) is 0 Å². The summed E-state index contributed by atoms with van der Waals surface area (Å²) in [6, 6.07) is 18.8. The Bertz CT molecular complexity index is 1090. The Morgan fingerprint density at radius 3 is 2.71 bits per heavy atom. The van der Waals surface area contributed by atoms with Crippen LogP contribution in [-0.2, 0) is 11.3 Å². The third-order valence-corrected chi connectivity index (χ3v) is 4.95. The number of hydrogen-bond acceptors (Lipinski definition) is 3. The number of fused-ring (bicyclic) bond motifs is 1. The lowest BCUT2D eigenvalue weighted by molar-refractivity contribution is -0.124. The molecule has 0 aliphatic heterocycles. The number of hydrogen-bond donors (Lipinski definition) is 1. The number of halogens is 1. The van der Waals surface area contributed by atoms with Crippen LogP contribution in [0.1, 0.15) is 25.1 Å². The van der Waals surface area contributed by atoms with E-state index in [2.05, 4.69) is 5.32 Å². The van der Waals surface area contributed by atoms with Gasteiger partial charge in [-0.3, -0.25) is 9.48 Å². The maximum absolute atomic E-state index is 12.9. The second-order valence-electron chi connectivity index (χ2n) is 6.54. The summed E-state index contributed by atoms with van der Waals surface area (Å²) in [7, 11) is 0. The fourth-order valence-corrected chi connectivity index (χ4v) is 3.51. The van der Waals surface area contributed by atoms with Gasteiger partial charge in [0.1, 0.15) is 17.5 Å². The van der Waals surface area contributed by atoms with Gasteiger partial charge in [-0.2, -0.15) is 5.10 Å². The summed E-state index contributed by atoms with van der Waals surface area (Å²) in [6.45, 7) is 2.32. The molecule has 1 atom stereocenters. The number of amides is 1. The first-order valence-corrected chi connectivity index (χ1v) is 9.58. The zero-order valence-electron chi connectivity index (χ0n) is 15.4. The molecular weight excluding hydrogens is 374 g/mol. The van der Waals surface area contributed by atoms with Crippen molar-refractivity contribution in [3.05, 3.63) is 77.7 Å². The fourth-order valence-electron chi connectivity index (χ4n) is 3.33. The Morgan fingerprint density at radius 2 is 2.00 bits per heavy atom. The topological polar surface area (TPSA) is 60.1 Å². The fraction of sp³-hybridized carbons (Fsp3) is 0.182. The van der Waals surface area contributed by atoms with E-state index in [0.29, 0.717) is 23.7 Å². The van der Waals surface area contributed by atoms with Crippen LogP contribution >= 0.6 is 11.6 Å². The Labute approximate surface area is 167 Å². The molecule has 1 unspecified atom stereocenters. The average Bonchev–Trinajstić information content (AvgIpc) is 3.36. The number of benzene rings is 2. The molecule has 142 valence electrons. The third kappa shape index (κ3) is 3.53. The standard InChI is InChI=1S/C22H20ClN3O2/c1-2-19(22(27)24-14-17-9-6-12-28-17)26-20-11-10-16(23)13-18(20)21(25-26)15-7-4-3-5-8-15/h3-13,19H,2,14H2,1H3,(H,24,27). The summed E-state index contributed by atoms with van der Waals surface area (Å²) in [5.41, 5.74) is 2.68. The van der Waals surface area contributed by atoms with Gasteiger partial charge in [0.25, 0.3) is 0 Å². The van der Waals surface area contributed by atoms with Crippen LogP contribution in [0.5, 0.6) is 0 Å². The molecule has 0 radical (unpaired) electrons. The molecule has 2 aromatic heterocycles. The quantitative estimate of drug-likeness (QED) is 0.488. The van der Waals surface area contributed by atoms with Crippen molar-refractivity contribution >= 4 is 28.4 Å². The smallest absolute Gasteiger partial charge is 0.245 e. The van der Waals surface area contributed by atoms with Crippen molar-refractivity contribution in [2.75, 3.05) is 0 Å². The molecule has 0 saturated heterocycles. The highest BCUT2D eigenvalue weighted by Gasteiger charge is 2.24. The Balaban J connectivity index is 1.73. The van der Waals surface area contributed by atoms with Crippen LogP contribution in [-0.4, -0.2) is 15.7 Å². The second-order valence-corrected chi connectivity index (χ2v) is 6.98.